The largest absolute Gasteiger partial charge is 0.393 e. The fraction of sp³-hybridized carbons (Fsp3) is 1.00. The van der Waals surface area contributed by atoms with Crippen molar-refractivity contribution in [3.63, 3.8) is 0 Å². The zero-order chi connectivity index (χ0) is 12.9. The van der Waals surface area contributed by atoms with Gasteiger partial charge in [-0.1, -0.05) is 13.8 Å². The van der Waals surface area contributed by atoms with Gasteiger partial charge >= 0.3 is 0 Å². The highest BCUT2D eigenvalue weighted by molar-refractivity contribution is 4.89. The molecule has 0 bridgehead atoms. The summed E-state index contributed by atoms with van der Waals surface area (Å²) in [7, 11) is 0. The lowest BCUT2D eigenvalue weighted by Gasteiger charge is -2.40. The molecule has 1 saturated carbocycles. The SMILES string of the molecule is CC(O)CCOC1(CN)CCC(C(C)C)CC1. The van der Waals surface area contributed by atoms with Crippen molar-refractivity contribution in [1.82, 2.24) is 0 Å². The minimum absolute atomic E-state index is 0.111. The molecule has 1 aliphatic carbocycles. The summed E-state index contributed by atoms with van der Waals surface area (Å²) in [6.45, 7) is 7.63. The Morgan fingerprint density at radius 2 is 1.88 bits per heavy atom. The van der Waals surface area contributed by atoms with Crippen LogP contribution in [0.2, 0.25) is 0 Å². The second-order valence-corrected chi connectivity index (χ2v) is 5.95. The zero-order valence-corrected chi connectivity index (χ0v) is 11.6. The van der Waals surface area contributed by atoms with Gasteiger partial charge in [-0.25, -0.2) is 0 Å². The van der Waals surface area contributed by atoms with Gasteiger partial charge in [0.15, 0.2) is 0 Å². The molecule has 0 saturated heterocycles. The van der Waals surface area contributed by atoms with E-state index in [1.54, 1.807) is 6.92 Å². The van der Waals surface area contributed by atoms with Crippen LogP contribution in [0, 0.1) is 11.8 Å². The molecule has 0 aromatic carbocycles. The maximum Gasteiger partial charge on any atom is 0.0804 e. The molecule has 1 fully saturated rings. The fourth-order valence-electron chi connectivity index (χ4n) is 2.69. The lowest BCUT2D eigenvalue weighted by molar-refractivity contribution is -0.0811. The van der Waals surface area contributed by atoms with Gasteiger partial charge in [-0.2, -0.15) is 0 Å². The third-order valence-corrected chi connectivity index (χ3v) is 4.20. The van der Waals surface area contributed by atoms with Crippen molar-refractivity contribution >= 4 is 0 Å². The predicted octanol–water partition coefficient (Wildman–Crippen LogP) is 2.32. The molecule has 0 aliphatic heterocycles. The van der Waals surface area contributed by atoms with Crippen molar-refractivity contribution in [3.8, 4) is 0 Å². The summed E-state index contributed by atoms with van der Waals surface area (Å²) in [5.74, 6) is 1.60. The number of ether oxygens (including phenoxy) is 1. The standard InChI is InChI=1S/C14H29NO2/c1-11(2)13-4-7-14(10-15,8-5-13)17-9-6-12(3)16/h11-13,16H,4-10,15H2,1-3H3. The molecule has 1 rings (SSSR count). The third-order valence-electron chi connectivity index (χ3n) is 4.20. The van der Waals surface area contributed by atoms with E-state index in [1.165, 1.54) is 12.8 Å². The van der Waals surface area contributed by atoms with Gasteiger partial charge in [-0.05, 0) is 50.9 Å². The highest BCUT2D eigenvalue weighted by atomic mass is 16.5. The van der Waals surface area contributed by atoms with Crippen molar-refractivity contribution in [3.05, 3.63) is 0 Å². The highest BCUT2D eigenvalue weighted by Gasteiger charge is 2.35. The molecule has 0 aromatic rings. The molecule has 1 unspecified atom stereocenters. The molecule has 0 heterocycles. The molecule has 3 heteroatoms. The van der Waals surface area contributed by atoms with Crippen LogP contribution in [0.1, 0.15) is 52.9 Å². The van der Waals surface area contributed by atoms with Gasteiger partial charge in [-0.3, -0.25) is 0 Å². The molecule has 0 amide bonds. The van der Waals surface area contributed by atoms with E-state index >= 15 is 0 Å². The smallest absolute Gasteiger partial charge is 0.0804 e. The molecular formula is C14H29NO2. The minimum atomic E-state index is -0.281. The Balaban J connectivity index is 2.38. The van der Waals surface area contributed by atoms with Gasteiger partial charge in [0.05, 0.1) is 11.7 Å². The first-order valence-corrected chi connectivity index (χ1v) is 7.01. The van der Waals surface area contributed by atoms with Crippen molar-refractivity contribution in [2.45, 2.75) is 64.6 Å². The Hall–Kier alpha value is -0.120. The van der Waals surface area contributed by atoms with Crippen molar-refractivity contribution < 1.29 is 9.84 Å². The van der Waals surface area contributed by atoms with Crippen LogP contribution in [0.5, 0.6) is 0 Å². The van der Waals surface area contributed by atoms with Crippen LogP contribution in [-0.2, 0) is 4.74 Å². The first-order valence-electron chi connectivity index (χ1n) is 7.01. The van der Waals surface area contributed by atoms with E-state index in [-0.39, 0.29) is 11.7 Å². The molecule has 17 heavy (non-hydrogen) atoms. The molecule has 3 nitrogen and oxygen atoms in total. The first kappa shape index (κ1) is 14.9. The first-order chi connectivity index (χ1) is 7.99. The quantitative estimate of drug-likeness (QED) is 0.752. The van der Waals surface area contributed by atoms with Crippen molar-refractivity contribution in [2.75, 3.05) is 13.2 Å². The normalized spacial score (nSPS) is 31.8. The fourth-order valence-corrected chi connectivity index (χ4v) is 2.69. The van der Waals surface area contributed by atoms with Crippen LogP contribution in [0.4, 0.5) is 0 Å². The number of aliphatic hydroxyl groups excluding tert-OH is 1. The average Bonchev–Trinajstić information content (AvgIpc) is 2.29. The number of nitrogens with two attached hydrogens (primary N) is 1. The second-order valence-electron chi connectivity index (χ2n) is 5.95. The second kappa shape index (κ2) is 6.72. The van der Waals surface area contributed by atoms with Crippen molar-refractivity contribution in [2.24, 2.45) is 17.6 Å². The van der Waals surface area contributed by atoms with Crippen LogP contribution in [0.25, 0.3) is 0 Å². The third kappa shape index (κ3) is 4.57. The number of hydrogen-bond donors (Lipinski definition) is 2. The van der Waals surface area contributed by atoms with Crippen LogP contribution < -0.4 is 5.73 Å². The zero-order valence-electron chi connectivity index (χ0n) is 11.6. The highest BCUT2D eigenvalue weighted by Crippen LogP contribution is 2.37. The lowest BCUT2D eigenvalue weighted by atomic mass is 9.74. The van der Waals surface area contributed by atoms with Gasteiger partial charge < -0.3 is 15.6 Å². The molecule has 1 atom stereocenters. The van der Waals surface area contributed by atoms with Crippen LogP contribution >= 0.6 is 0 Å². The van der Waals surface area contributed by atoms with E-state index in [0.717, 1.165) is 24.7 Å². The maximum absolute atomic E-state index is 9.24. The van der Waals surface area contributed by atoms with E-state index in [9.17, 15) is 5.11 Å². The maximum atomic E-state index is 9.24. The van der Waals surface area contributed by atoms with Gasteiger partial charge in [-0.15, -0.1) is 0 Å². The average molecular weight is 243 g/mol. The van der Waals surface area contributed by atoms with Crippen molar-refractivity contribution in [1.29, 1.82) is 0 Å². The van der Waals surface area contributed by atoms with Gasteiger partial charge in [0.2, 0.25) is 0 Å². The lowest BCUT2D eigenvalue weighted by Crippen LogP contribution is -2.45. The summed E-state index contributed by atoms with van der Waals surface area (Å²) in [5.41, 5.74) is 5.78. The van der Waals surface area contributed by atoms with Crippen LogP contribution in [-0.4, -0.2) is 30.0 Å². The molecule has 102 valence electrons. The van der Waals surface area contributed by atoms with E-state index in [2.05, 4.69) is 13.8 Å². The molecule has 0 aromatic heterocycles. The Morgan fingerprint density at radius 3 is 2.29 bits per heavy atom. The van der Waals surface area contributed by atoms with E-state index in [0.29, 0.717) is 19.6 Å². The number of hydrogen-bond acceptors (Lipinski definition) is 3. The summed E-state index contributed by atoms with van der Waals surface area (Å²) in [4.78, 5) is 0. The summed E-state index contributed by atoms with van der Waals surface area (Å²) < 4.78 is 5.97. The Labute approximate surface area is 106 Å². The Kier molecular flexibility index (Phi) is 5.90. The summed E-state index contributed by atoms with van der Waals surface area (Å²) in [6.07, 6.45) is 5.03. The van der Waals surface area contributed by atoms with Gasteiger partial charge in [0, 0.05) is 13.2 Å². The number of aliphatic hydroxyl groups is 1. The minimum Gasteiger partial charge on any atom is -0.393 e. The van der Waals surface area contributed by atoms with Gasteiger partial charge in [0.25, 0.3) is 0 Å². The number of rotatable bonds is 6. The summed E-state index contributed by atoms with van der Waals surface area (Å²) >= 11 is 0. The van der Waals surface area contributed by atoms with Crippen LogP contribution in [0.3, 0.4) is 0 Å². The van der Waals surface area contributed by atoms with E-state index in [1.807, 2.05) is 0 Å². The van der Waals surface area contributed by atoms with E-state index < -0.39 is 0 Å². The van der Waals surface area contributed by atoms with Crippen LogP contribution in [0.15, 0.2) is 0 Å². The van der Waals surface area contributed by atoms with E-state index in [4.69, 9.17) is 10.5 Å². The molecule has 0 spiro atoms. The molecule has 1 aliphatic rings. The molecule has 0 radical (unpaired) electrons. The Morgan fingerprint density at radius 1 is 1.29 bits per heavy atom. The molecular weight excluding hydrogens is 214 g/mol. The Bertz CT molecular complexity index is 203. The summed E-state index contributed by atoms with van der Waals surface area (Å²) in [6, 6.07) is 0. The molecule has 3 N–H and O–H groups in total. The predicted molar refractivity (Wildman–Crippen MR) is 70.8 cm³/mol. The van der Waals surface area contributed by atoms with Gasteiger partial charge in [0.1, 0.15) is 0 Å². The topological polar surface area (TPSA) is 55.5 Å². The monoisotopic (exact) mass is 243 g/mol. The summed E-state index contributed by atoms with van der Waals surface area (Å²) in [5, 5.41) is 9.24.